The summed E-state index contributed by atoms with van der Waals surface area (Å²) in [4.78, 5) is 11.4. The molecule has 4 nitrogen and oxygen atoms in total. The number of aliphatic hydroxyl groups excluding tert-OH is 1. The lowest BCUT2D eigenvalue weighted by molar-refractivity contribution is 0.183. The molecule has 1 aromatic carbocycles. The van der Waals surface area contributed by atoms with E-state index in [1.807, 2.05) is 31.2 Å². The first-order valence-electron chi connectivity index (χ1n) is 5.83. The van der Waals surface area contributed by atoms with Crippen LogP contribution in [0.15, 0.2) is 24.3 Å². The van der Waals surface area contributed by atoms with Crippen molar-refractivity contribution in [3.05, 3.63) is 35.4 Å². The predicted octanol–water partition coefficient (Wildman–Crippen LogP) is 1.57. The van der Waals surface area contributed by atoms with E-state index in [1.54, 1.807) is 6.92 Å². The number of amides is 2. The van der Waals surface area contributed by atoms with Gasteiger partial charge in [-0.05, 0) is 25.8 Å². The van der Waals surface area contributed by atoms with Crippen molar-refractivity contribution < 1.29 is 9.90 Å². The van der Waals surface area contributed by atoms with Gasteiger partial charge in [0.25, 0.3) is 0 Å². The predicted molar refractivity (Wildman–Crippen MR) is 67.7 cm³/mol. The molecule has 3 N–H and O–H groups in total. The second-order valence-electron chi connectivity index (χ2n) is 4.24. The van der Waals surface area contributed by atoms with Gasteiger partial charge < -0.3 is 15.7 Å². The monoisotopic (exact) mass is 236 g/mol. The average Bonchev–Trinajstić information content (AvgIpc) is 2.26. The fraction of sp³-hybridized carbons (Fsp3) is 0.462. The summed E-state index contributed by atoms with van der Waals surface area (Å²) in [5, 5.41) is 14.5. The van der Waals surface area contributed by atoms with E-state index in [0.29, 0.717) is 19.5 Å². The maximum absolute atomic E-state index is 11.4. The number of carbonyl (C=O) groups is 1. The highest BCUT2D eigenvalue weighted by Gasteiger charge is 2.01. The maximum Gasteiger partial charge on any atom is 0.315 e. The molecule has 0 aliphatic carbocycles. The van der Waals surface area contributed by atoms with Gasteiger partial charge in [0.05, 0.1) is 6.10 Å². The van der Waals surface area contributed by atoms with Crippen LogP contribution < -0.4 is 10.6 Å². The number of carbonyl (C=O) groups excluding carboxylic acids is 1. The zero-order valence-electron chi connectivity index (χ0n) is 10.4. The molecule has 1 rings (SSSR count). The van der Waals surface area contributed by atoms with Crippen LogP contribution in [0.1, 0.15) is 24.5 Å². The van der Waals surface area contributed by atoms with Gasteiger partial charge >= 0.3 is 6.03 Å². The van der Waals surface area contributed by atoms with Crippen molar-refractivity contribution in [2.24, 2.45) is 0 Å². The summed E-state index contributed by atoms with van der Waals surface area (Å²) in [6.07, 6.45) is 0.185. The Morgan fingerprint density at radius 3 is 2.82 bits per heavy atom. The minimum absolute atomic E-state index is 0.202. The van der Waals surface area contributed by atoms with Gasteiger partial charge in [0.15, 0.2) is 0 Å². The molecule has 0 saturated heterocycles. The van der Waals surface area contributed by atoms with Crippen molar-refractivity contribution in [3.63, 3.8) is 0 Å². The van der Waals surface area contributed by atoms with Crippen molar-refractivity contribution in [1.29, 1.82) is 0 Å². The average molecular weight is 236 g/mol. The van der Waals surface area contributed by atoms with Gasteiger partial charge in [0, 0.05) is 13.1 Å². The SMILES string of the molecule is Cc1cccc(CNC(=O)NCCC(C)O)c1. The van der Waals surface area contributed by atoms with Crippen molar-refractivity contribution >= 4 is 6.03 Å². The zero-order chi connectivity index (χ0) is 12.7. The standard InChI is InChI=1S/C13H20N2O2/c1-10-4-3-5-12(8-10)9-15-13(17)14-7-6-11(2)16/h3-5,8,11,16H,6-7,9H2,1-2H3,(H2,14,15,17). The minimum Gasteiger partial charge on any atom is -0.393 e. The molecule has 1 unspecified atom stereocenters. The first-order chi connectivity index (χ1) is 8.08. The summed E-state index contributed by atoms with van der Waals surface area (Å²) in [5.41, 5.74) is 2.26. The molecule has 4 heteroatoms. The molecule has 1 aromatic rings. The van der Waals surface area contributed by atoms with Gasteiger partial charge in [0.2, 0.25) is 0 Å². The quantitative estimate of drug-likeness (QED) is 0.726. The zero-order valence-corrected chi connectivity index (χ0v) is 10.4. The highest BCUT2D eigenvalue weighted by molar-refractivity contribution is 5.73. The van der Waals surface area contributed by atoms with E-state index in [1.165, 1.54) is 5.56 Å². The van der Waals surface area contributed by atoms with Crippen molar-refractivity contribution in [2.75, 3.05) is 6.54 Å². The Hall–Kier alpha value is -1.55. The fourth-order valence-electron chi connectivity index (χ4n) is 1.46. The molecule has 0 aliphatic heterocycles. The van der Waals surface area contributed by atoms with Crippen LogP contribution in [0.2, 0.25) is 0 Å². The normalized spacial score (nSPS) is 11.9. The van der Waals surface area contributed by atoms with Gasteiger partial charge in [-0.3, -0.25) is 0 Å². The smallest absolute Gasteiger partial charge is 0.315 e. The van der Waals surface area contributed by atoms with E-state index in [9.17, 15) is 4.79 Å². The molecule has 0 saturated carbocycles. The topological polar surface area (TPSA) is 61.4 Å². The molecule has 0 aliphatic rings. The molecule has 2 amide bonds. The largest absolute Gasteiger partial charge is 0.393 e. The lowest BCUT2D eigenvalue weighted by atomic mass is 10.1. The van der Waals surface area contributed by atoms with Crippen LogP contribution in [-0.4, -0.2) is 23.8 Å². The van der Waals surface area contributed by atoms with Gasteiger partial charge in [-0.15, -0.1) is 0 Å². The first-order valence-corrected chi connectivity index (χ1v) is 5.83. The Morgan fingerprint density at radius 2 is 2.18 bits per heavy atom. The number of aryl methyl sites for hydroxylation is 1. The highest BCUT2D eigenvalue weighted by Crippen LogP contribution is 2.02. The second kappa shape index (κ2) is 6.91. The molecule has 94 valence electrons. The van der Waals surface area contributed by atoms with E-state index in [0.717, 1.165) is 5.56 Å². The number of urea groups is 1. The van der Waals surface area contributed by atoms with Gasteiger partial charge in [-0.1, -0.05) is 29.8 Å². The summed E-state index contributed by atoms with van der Waals surface area (Å²) in [7, 11) is 0. The number of hydrogen-bond donors (Lipinski definition) is 3. The third-order valence-electron chi connectivity index (χ3n) is 2.38. The Labute approximate surface area is 102 Å². The molecular formula is C13H20N2O2. The number of aliphatic hydroxyl groups is 1. The van der Waals surface area contributed by atoms with E-state index in [-0.39, 0.29) is 12.1 Å². The summed E-state index contributed by atoms with van der Waals surface area (Å²) < 4.78 is 0. The first kappa shape index (κ1) is 13.5. The van der Waals surface area contributed by atoms with Gasteiger partial charge in [-0.2, -0.15) is 0 Å². The third-order valence-corrected chi connectivity index (χ3v) is 2.38. The van der Waals surface area contributed by atoms with Crippen LogP contribution in [0.25, 0.3) is 0 Å². The van der Waals surface area contributed by atoms with E-state index < -0.39 is 0 Å². The second-order valence-corrected chi connectivity index (χ2v) is 4.24. The van der Waals surface area contributed by atoms with Crippen molar-refractivity contribution in [2.45, 2.75) is 32.9 Å². The molecule has 0 aromatic heterocycles. The molecule has 0 fully saturated rings. The summed E-state index contributed by atoms with van der Waals surface area (Å²) in [6.45, 7) is 4.72. The van der Waals surface area contributed by atoms with E-state index in [4.69, 9.17) is 5.11 Å². The molecule has 0 radical (unpaired) electrons. The molecule has 1 atom stereocenters. The Bertz CT molecular complexity index is 364. The Balaban J connectivity index is 2.24. The van der Waals surface area contributed by atoms with E-state index >= 15 is 0 Å². The maximum atomic E-state index is 11.4. The lowest BCUT2D eigenvalue weighted by Crippen LogP contribution is -2.36. The third kappa shape index (κ3) is 5.92. The summed E-state index contributed by atoms with van der Waals surface area (Å²) >= 11 is 0. The number of nitrogens with one attached hydrogen (secondary N) is 2. The Kier molecular flexibility index (Phi) is 5.49. The number of hydrogen-bond acceptors (Lipinski definition) is 2. The van der Waals surface area contributed by atoms with Crippen LogP contribution in [0.5, 0.6) is 0 Å². The molecule has 0 heterocycles. The molecule has 0 bridgehead atoms. The summed E-state index contributed by atoms with van der Waals surface area (Å²) in [5.74, 6) is 0. The van der Waals surface area contributed by atoms with Crippen molar-refractivity contribution in [3.8, 4) is 0 Å². The van der Waals surface area contributed by atoms with Crippen LogP contribution in [0.4, 0.5) is 4.79 Å². The van der Waals surface area contributed by atoms with Crippen molar-refractivity contribution in [1.82, 2.24) is 10.6 Å². The number of rotatable bonds is 5. The van der Waals surface area contributed by atoms with Crippen LogP contribution in [0.3, 0.4) is 0 Å². The van der Waals surface area contributed by atoms with Gasteiger partial charge in [-0.25, -0.2) is 4.79 Å². The summed E-state index contributed by atoms with van der Waals surface area (Å²) in [6, 6.07) is 7.80. The number of benzene rings is 1. The highest BCUT2D eigenvalue weighted by atomic mass is 16.3. The van der Waals surface area contributed by atoms with Gasteiger partial charge in [0.1, 0.15) is 0 Å². The van der Waals surface area contributed by atoms with Crippen LogP contribution in [0, 0.1) is 6.92 Å². The minimum atomic E-state index is -0.382. The molecule has 0 spiro atoms. The Morgan fingerprint density at radius 1 is 1.41 bits per heavy atom. The fourth-order valence-corrected chi connectivity index (χ4v) is 1.46. The van der Waals surface area contributed by atoms with Crippen LogP contribution >= 0.6 is 0 Å². The van der Waals surface area contributed by atoms with E-state index in [2.05, 4.69) is 10.6 Å². The van der Waals surface area contributed by atoms with Crippen LogP contribution in [-0.2, 0) is 6.54 Å². The molecule has 17 heavy (non-hydrogen) atoms. The lowest BCUT2D eigenvalue weighted by Gasteiger charge is -2.09. The molecular weight excluding hydrogens is 216 g/mol.